The van der Waals surface area contributed by atoms with Crippen molar-refractivity contribution in [1.29, 1.82) is 0 Å². The number of carboxylic acid groups (broad SMARTS) is 1. The number of ether oxygens (including phenoxy) is 1. The normalized spacial score (nSPS) is 9.40. The van der Waals surface area contributed by atoms with Crippen LogP contribution >= 0.6 is 0 Å². The second-order valence-electron chi connectivity index (χ2n) is 2.79. The maximum Gasteiger partial charge on any atom is 0.335 e. The Hall–Kier alpha value is -2.04. The number of hydrogen-bond donors (Lipinski definition) is 2. The summed E-state index contributed by atoms with van der Waals surface area (Å²) < 4.78 is 5.07. The Morgan fingerprint density at radius 3 is 2.80 bits per heavy atom. The molecule has 0 radical (unpaired) electrons. The molecule has 1 rings (SSSR count). The topological polar surface area (TPSA) is 75.6 Å². The minimum absolute atomic E-state index is 0.125. The van der Waals surface area contributed by atoms with E-state index in [9.17, 15) is 9.59 Å². The largest absolute Gasteiger partial charge is 0.484 e. The fourth-order valence-corrected chi connectivity index (χ4v) is 0.940. The maximum atomic E-state index is 10.9. The van der Waals surface area contributed by atoms with Crippen LogP contribution in [0.25, 0.3) is 0 Å². The smallest absolute Gasteiger partial charge is 0.335 e. The first kappa shape index (κ1) is 11.0. The van der Waals surface area contributed by atoms with Crippen LogP contribution < -0.4 is 10.1 Å². The van der Waals surface area contributed by atoms with Gasteiger partial charge in [0, 0.05) is 7.05 Å². The number of benzene rings is 1. The van der Waals surface area contributed by atoms with Crippen LogP contribution in [0.4, 0.5) is 0 Å². The summed E-state index contributed by atoms with van der Waals surface area (Å²) in [6.07, 6.45) is 0. The van der Waals surface area contributed by atoms with Gasteiger partial charge in [-0.25, -0.2) is 4.79 Å². The molecule has 0 heterocycles. The highest BCUT2D eigenvalue weighted by molar-refractivity contribution is 5.88. The molecule has 0 saturated heterocycles. The molecular weight excluding hydrogens is 198 g/mol. The predicted octanol–water partition coefficient (Wildman–Crippen LogP) is 0.510. The van der Waals surface area contributed by atoms with Crippen LogP contribution in [0.5, 0.6) is 5.75 Å². The van der Waals surface area contributed by atoms with E-state index in [0.717, 1.165) is 0 Å². The molecule has 0 spiro atoms. The summed E-state index contributed by atoms with van der Waals surface area (Å²) in [7, 11) is 1.50. The second-order valence-corrected chi connectivity index (χ2v) is 2.79. The molecule has 5 nitrogen and oxygen atoms in total. The van der Waals surface area contributed by atoms with E-state index in [1.807, 2.05) is 0 Å². The van der Waals surface area contributed by atoms with E-state index in [1.165, 1.54) is 19.2 Å². The zero-order chi connectivity index (χ0) is 11.3. The lowest BCUT2D eigenvalue weighted by Gasteiger charge is -2.05. The van der Waals surface area contributed by atoms with Crippen LogP contribution in [0.1, 0.15) is 10.4 Å². The molecule has 0 aliphatic rings. The fourth-order valence-electron chi connectivity index (χ4n) is 0.940. The minimum atomic E-state index is -1.03. The van der Waals surface area contributed by atoms with E-state index in [2.05, 4.69) is 5.32 Å². The van der Waals surface area contributed by atoms with E-state index in [4.69, 9.17) is 9.84 Å². The lowest BCUT2D eigenvalue weighted by atomic mass is 10.2. The molecule has 80 valence electrons. The van der Waals surface area contributed by atoms with Crippen LogP contribution in [-0.2, 0) is 4.79 Å². The molecule has 15 heavy (non-hydrogen) atoms. The zero-order valence-corrected chi connectivity index (χ0v) is 8.19. The van der Waals surface area contributed by atoms with Crippen molar-refractivity contribution in [2.75, 3.05) is 13.7 Å². The Morgan fingerprint density at radius 1 is 1.47 bits per heavy atom. The average molecular weight is 209 g/mol. The van der Waals surface area contributed by atoms with Gasteiger partial charge in [-0.05, 0) is 18.2 Å². The Balaban J connectivity index is 2.66. The summed E-state index contributed by atoms with van der Waals surface area (Å²) >= 11 is 0. The number of nitrogens with one attached hydrogen (secondary N) is 1. The van der Waals surface area contributed by atoms with Crippen LogP contribution in [-0.4, -0.2) is 30.6 Å². The molecule has 1 amide bonds. The van der Waals surface area contributed by atoms with Crippen molar-refractivity contribution in [1.82, 2.24) is 5.32 Å². The molecule has 0 aliphatic carbocycles. The molecule has 0 fully saturated rings. The number of aromatic carboxylic acids is 1. The molecule has 5 heteroatoms. The van der Waals surface area contributed by atoms with E-state index in [-0.39, 0.29) is 18.1 Å². The van der Waals surface area contributed by atoms with Crippen molar-refractivity contribution in [2.45, 2.75) is 0 Å². The Bertz CT molecular complexity index is 375. The van der Waals surface area contributed by atoms with Crippen LogP contribution in [0.2, 0.25) is 0 Å². The fraction of sp³-hybridized carbons (Fsp3) is 0.200. The molecule has 1 aromatic carbocycles. The zero-order valence-electron chi connectivity index (χ0n) is 8.19. The summed E-state index contributed by atoms with van der Waals surface area (Å²) in [5.74, 6) is -0.936. The first-order chi connectivity index (χ1) is 7.13. The number of hydrogen-bond acceptors (Lipinski definition) is 3. The van der Waals surface area contributed by atoms with E-state index < -0.39 is 5.97 Å². The Morgan fingerprint density at radius 2 is 2.20 bits per heavy atom. The van der Waals surface area contributed by atoms with Crippen LogP contribution in [0, 0.1) is 0 Å². The van der Waals surface area contributed by atoms with Gasteiger partial charge in [-0.1, -0.05) is 6.07 Å². The van der Waals surface area contributed by atoms with Gasteiger partial charge in [-0.15, -0.1) is 0 Å². The van der Waals surface area contributed by atoms with E-state index in [0.29, 0.717) is 5.75 Å². The lowest BCUT2D eigenvalue weighted by molar-refractivity contribution is -0.122. The quantitative estimate of drug-likeness (QED) is 0.757. The van der Waals surface area contributed by atoms with Crippen molar-refractivity contribution in [3.05, 3.63) is 29.8 Å². The van der Waals surface area contributed by atoms with Crippen molar-refractivity contribution >= 4 is 11.9 Å². The summed E-state index contributed by atoms with van der Waals surface area (Å²) in [4.78, 5) is 21.5. The number of carboxylic acids is 1. The third kappa shape index (κ3) is 3.30. The van der Waals surface area contributed by atoms with Gasteiger partial charge in [0.15, 0.2) is 6.61 Å². The van der Waals surface area contributed by atoms with Crippen molar-refractivity contribution in [3.63, 3.8) is 0 Å². The predicted molar refractivity (Wildman–Crippen MR) is 53.0 cm³/mol. The molecule has 0 unspecified atom stereocenters. The van der Waals surface area contributed by atoms with Gasteiger partial charge in [0.1, 0.15) is 5.75 Å². The lowest BCUT2D eigenvalue weighted by Crippen LogP contribution is -2.24. The van der Waals surface area contributed by atoms with Gasteiger partial charge >= 0.3 is 5.97 Å². The number of carbonyl (C=O) groups is 2. The van der Waals surface area contributed by atoms with Crippen LogP contribution in [0.15, 0.2) is 24.3 Å². The SMILES string of the molecule is CNC(=O)COc1cccc(C(=O)O)c1. The van der Waals surface area contributed by atoms with Crippen LogP contribution in [0.3, 0.4) is 0 Å². The molecule has 0 saturated carbocycles. The highest BCUT2D eigenvalue weighted by Crippen LogP contribution is 2.12. The van der Waals surface area contributed by atoms with Gasteiger partial charge in [-0.2, -0.15) is 0 Å². The van der Waals surface area contributed by atoms with E-state index in [1.54, 1.807) is 12.1 Å². The monoisotopic (exact) mass is 209 g/mol. The third-order valence-electron chi connectivity index (χ3n) is 1.73. The first-order valence-corrected chi connectivity index (χ1v) is 4.30. The average Bonchev–Trinajstić information content (AvgIpc) is 2.26. The molecule has 0 atom stereocenters. The number of amides is 1. The highest BCUT2D eigenvalue weighted by atomic mass is 16.5. The van der Waals surface area contributed by atoms with Crippen molar-refractivity contribution in [2.24, 2.45) is 0 Å². The number of rotatable bonds is 4. The summed E-state index contributed by atoms with van der Waals surface area (Å²) in [6, 6.07) is 5.97. The van der Waals surface area contributed by atoms with Gasteiger partial charge in [0.2, 0.25) is 0 Å². The van der Waals surface area contributed by atoms with E-state index >= 15 is 0 Å². The molecule has 2 N–H and O–H groups in total. The molecular formula is C10H11NO4. The Kier molecular flexibility index (Phi) is 3.68. The minimum Gasteiger partial charge on any atom is -0.484 e. The van der Waals surface area contributed by atoms with Gasteiger partial charge in [0.05, 0.1) is 5.56 Å². The maximum absolute atomic E-state index is 10.9. The van der Waals surface area contributed by atoms with Crippen molar-refractivity contribution < 1.29 is 19.4 Å². The standard InChI is InChI=1S/C10H11NO4/c1-11-9(12)6-15-8-4-2-3-7(5-8)10(13)14/h2-5H,6H2,1H3,(H,11,12)(H,13,14). The summed E-state index contributed by atoms with van der Waals surface area (Å²) in [6.45, 7) is -0.125. The van der Waals surface area contributed by atoms with Gasteiger partial charge in [0.25, 0.3) is 5.91 Å². The molecule has 0 aromatic heterocycles. The van der Waals surface area contributed by atoms with Gasteiger partial charge in [-0.3, -0.25) is 4.79 Å². The van der Waals surface area contributed by atoms with Crippen molar-refractivity contribution in [3.8, 4) is 5.75 Å². The highest BCUT2D eigenvalue weighted by Gasteiger charge is 2.04. The third-order valence-corrected chi connectivity index (χ3v) is 1.73. The number of carbonyl (C=O) groups excluding carboxylic acids is 1. The molecule has 1 aromatic rings. The Labute approximate surface area is 86.7 Å². The first-order valence-electron chi connectivity index (χ1n) is 4.30. The summed E-state index contributed by atoms with van der Waals surface area (Å²) in [5.41, 5.74) is 0.129. The second kappa shape index (κ2) is 4.99. The number of likely N-dealkylation sites (N-methyl/N-ethyl adjacent to an activating group) is 1. The van der Waals surface area contributed by atoms with Gasteiger partial charge < -0.3 is 15.2 Å². The summed E-state index contributed by atoms with van der Waals surface area (Å²) in [5, 5.41) is 11.1. The molecule has 0 aliphatic heterocycles. The molecule has 0 bridgehead atoms.